The van der Waals surface area contributed by atoms with E-state index in [1.807, 2.05) is 0 Å². The van der Waals surface area contributed by atoms with Crippen molar-refractivity contribution in [1.82, 2.24) is 0 Å². The number of hydrogen-bond acceptors (Lipinski definition) is 0. The summed E-state index contributed by atoms with van der Waals surface area (Å²) in [6, 6.07) is 0. The summed E-state index contributed by atoms with van der Waals surface area (Å²) >= 11 is 0. The van der Waals surface area contributed by atoms with Gasteiger partial charge in [0.15, 0.2) is 0 Å². The minimum absolute atomic E-state index is 0.342. The molecule has 0 aliphatic carbocycles. The van der Waals surface area contributed by atoms with E-state index in [1.54, 1.807) is 0 Å². The summed E-state index contributed by atoms with van der Waals surface area (Å²) in [6.45, 7) is 69.4. The van der Waals surface area contributed by atoms with Gasteiger partial charge in [-0.1, -0.05) is 200 Å². The van der Waals surface area contributed by atoms with Crippen LogP contribution in [0.4, 0.5) is 0 Å². The molecule has 0 aromatic carbocycles. The maximum Gasteiger partial charge on any atom is -0.0160 e. The second kappa shape index (κ2) is 22.5. The SMILES string of the molecule is CC(C)C(C(C)C)C(C(C)C)(C(C)C)C(C)(C(C)C)C(C)C.CCC(C)C(C)C(C)C(C)C(C)C(C)C(C)C(C)C(C)C(C)C(C)C(C)C(C)C. The highest BCUT2D eigenvalue weighted by Crippen LogP contribution is 2.64. The number of hydrogen-bond donors (Lipinski definition) is 0. The van der Waals surface area contributed by atoms with E-state index in [-0.39, 0.29) is 0 Å². The fourth-order valence-electron chi connectivity index (χ4n) is 12.4. The summed E-state index contributed by atoms with van der Waals surface area (Å²) in [5.74, 6) is 15.2. The average molecular weight is 719 g/mol. The zero-order valence-corrected chi connectivity index (χ0v) is 41.3. The van der Waals surface area contributed by atoms with E-state index in [1.165, 1.54) is 6.42 Å². The van der Waals surface area contributed by atoms with Gasteiger partial charge in [0, 0.05) is 0 Å². The van der Waals surface area contributed by atoms with E-state index in [4.69, 9.17) is 0 Å². The highest BCUT2D eigenvalue weighted by atomic mass is 14.6. The van der Waals surface area contributed by atoms with Crippen LogP contribution in [0.5, 0.6) is 0 Å². The molecule has 0 heterocycles. The van der Waals surface area contributed by atoms with Crippen LogP contribution in [0.15, 0.2) is 0 Å². The van der Waals surface area contributed by atoms with Gasteiger partial charge >= 0.3 is 0 Å². The van der Waals surface area contributed by atoms with Gasteiger partial charge < -0.3 is 0 Å². The Bertz CT molecular complexity index is 862. The van der Waals surface area contributed by atoms with Gasteiger partial charge in [-0.15, -0.1) is 0 Å². The van der Waals surface area contributed by atoms with Crippen molar-refractivity contribution in [2.75, 3.05) is 0 Å². The Hall–Kier alpha value is 0. The lowest BCUT2D eigenvalue weighted by Gasteiger charge is -2.64. The average Bonchev–Trinajstić information content (AvgIpc) is 3.04. The molecule has 0 fully saturated rings. The Morgan fingerprint density at radius 3 is 0.706 bits per heavy atom. The second-order valence-electron chi connectivity index (χ2n) is 21.9. The van der Waals surface area contributed by atoms with Gasteiger partial charge in [-0.2, -0.15) is 0 Å². The fourth-order valence-corrected chi connectivity index (χ4v) is 12.4. The molecule has 310 valence electrons. The van der Waals surface area contributed by atoms with Crippen molar-refractivity contribution in [3.63, 3.8) is 0 Å². The van der Waals surface area contributed by atoms with Crippen molar-refractivity contribution in [2.45, 2.75) is 200 Å². The normalized spacial score (nSPS) is 20.7. The highest BCUT2D eigenvalue weighted by Gasteiger charge is 2.59. The molecule has 0 nitrogen and oxygen atoms in total. The first-order valence-corrected chi connectivity index (χ1v) is 23.0. The van der Waals surface area contributed by atoms with E-state index in [0.29, 0.717) is 34.5 Å². The summed E-state index contributed by atoms with van der Waals surface area (Å²) in [5.41, 5.74) is 0.701. The zero-order chi connectivity index (χ0) is 41.3. The molecule has 0 spiro atoms. The van der Waals surface area contributed by atoms with Crippen LogP contribution in [0, 0.1) is 129 Å². The van der Waals surface area contributed by atoms with E-state index in [0.717, 1.165) is 94.7 Å². The third-order valence-electron chi connectivity index (χ3n) is 18.1. The molecule has 0 saturated heterocycles. The molecule has 12 atom stereocenters. The van der Waals surface area contributed by atoms with Crippen molar-refractivity contribution in [3.8, 4) is 0 Å². The lowest BCUT2D eigenvalue weighted by molar-refractivity contribution is -0.168. The Kier molecular flexibility index (Phi) is 23.5. The van der Waals surface area contributed by atoms with Gasteiger partial charge in [0.05, 0.1) is 0 Å². The lowest BCUT2D eigenvalue weighted by atomic mass is 9.40. The smallest absolute Gasteiger partial charge is 0.0160 e. The van der Waals surface area contributed by atoms with E-state index in [9.17, 15) is 0 Å². The van der Waals surface area contributed by atoms with E-state index in [2.05, 4.69) is 194 Å². The van der Waals surface area contributed by atoms with Crippen LogP contribution in [0.1, 0.15) is 200 Å². The molecule has 0 rings (SSSR count). The topological polar surface area (TPSA) is 0 Å². The van der Waals surface area contributed by atoms with E-state index >= 15 is 0 Å². The molecular weight excluding hydrogens is 613 g/mol. The first-order chi connectivity index (χ1) is 23.0. The molecule has 0 amide bonds. The quantitative estimate of drug-likeness (QED) is 0.111. The Morgan fingerprint density at radius 1 is 0.294 bits per heavy atom. The predicted molar refractivity (Wildman–Crippen MR) is 238 cm³/mol. The van der Waals surface area contributed by atoms with Crippen molar-refractivity contribution >= 4 is 0 Å². The van der Waals surface area contributed by atoms with Gasteiger partial charge in [0.25, 0.3) is 0 Å². The van der Waals surface area contributed by atoms with Gasteiger partial charge in [-0.3, -0.25) is 0 Å². The Labute approximate surface area is 328 Å². The summed E-state index contributed by atoms with van der Waals surface area (Å²) in [4.78, 5) is 0. The highest BCUT2D eigenvalue weighted by molar-refractivity contribution is 5.07. The van der Waals surface area contributed by atoms with Crippen LogP contribution in [0.2, 0.25) is 0 Å². The minimum Gasteiger partial charge on any atom is -0.0651 e. The van der Waals surface area contributed by atoms with Crippen LogP contribution in [-0.4, -0.2) is 0 Å². The second-order valence-corrected chi connectivity index (χ2v) is 21.9. The van der Waals surface area contributed by atoms with Gasteiger partial charge in [-0.05, 0) is 129 Å². The zero-order valence-electron chi connectivity index (χ0n) is 41.3. The predicted octanol–water partition coefficient (Wildman–Crippen LogP) is 17.2. The van der Waals surface area contributed by atoms with Gasteiger partial charge in [-0.25, -0.2) is 0 Å². The van der Waals surface area contributed by atoms with Gasteiger partial charge in [0.1, 0.15) is 0 Å². The van der Waals surface area contributed by atoms with Crippen molar-refractivity contribution in [1.29, 1.82) is 0 Å². The molecule has 0 heteroatoms. The first kappa shape index (κ1) is 53.1. The summed E-state index contributed by atoms with van der Waals surface area (Å²) in [5, 5.41) is 0. The first-order valence-electron chi connectivity index (χ1n) is 23.0. The van der Waals surface area contributed by atoms with Crippen LogP contribution in [-0.2, 0) is 0 Å². The molecule has 0 bridgehead atoms. The molecular formula is C51H106. The Morgan fingerprint density at radius 2 is 0.529 bits per heavy atom. The third kappa shape index (κ3) is 12.2. The van der Waals surface area contributed by atoms with Gasteiger partial charge in [0.2, 0.25) is 0 Å². The van der Waals surface area contributed by atoms with Crippen molar-refractivity contribution < 1.29 is 0 Å². The van der Waals surface area contributed by atoms with Crippen molar-refractivity contribution in [3.05, 3.63) is 0 Å². The number of rotatable bonds is 21. The van der Waals surface area contributed by atoms with Crippen LogP contribution in [0.3, 0.4) is 0 Å². The molecule has 0 N–H and O–H groups in total. The molecule has 51 heavy (non-hydrogen) atoms. The van der Waals surface area contributed by atoms with Crippen LogP contribution in [0.25, 0.3) is 0 Å². The summed E-state index contributed by atoms with van der Waals surface area (Å²) < 4.78 is 0. The molecule has 0 aliphatic rings. The molecule has 0 saturated carbocycles. The molecule has 0 aliphatic heterocycles. The minimum atomic E-state index is 0.342. The third-order valence-corrected chi connectivity index (χ3v) is 18.1. The maximum absolute atomic E-state index is 2.60. The standard InChI is InChI=1S/C29H60.C22H46/c1-16-18(4)20(6)22(8)24(10)26(12)28(14)29(15)27(13)25(11)23(9)21(7)19(5)17(2)3;1-14(2)20(15(3)4)22(18(9)10,19(11)12)21(13,16(5)6)17(7)8/h17-29H,16H2,1-15H3;14-20H,1-13H3. The summed E-state index contributed by atoms with van der Waals surface area (Å²) in [7, 11) is 0. The van der Waals surface area contributed by atoms with E-state index < -0.39 is 0 Å². The Balaban J connectivity index is 0. The summed E-state index contributed by atoms with van der Waals surface area (Å²) in [6.07, 6.45) is 1.30. The molecule has 0 radical (unpaired) electrons. The van der Waals surface area contributed by atoms with Crippen LogP contribution < -0.4 is 0 Å². The van der Waals surface area contributed by atoms with Crippen LogP contribution >= 0.6 is 0 Å². The maximum atomic E-state index is 2.60. The van der Waals surface area contributed by atoms with Crippen molar-refractivity contribution in [2.24, 2.45) is 129 Å². The fraction of sp³-hybridized carbons (Fsp3) is 1.00. The molecule has 12 unspecified atom stereocenters. The lowest BCUT2D eigenvalue weighted by Crippen LogP contribution is -2.59. The largest absolute Gasteiger partial charge is 0.0651 e. The molecule has 0 aromatic rings. The monoisotopic (exact) mass is 719 g/mol. The molecule has 0 aromatic heterocycles.